The molecule has 0 atom stereocenters. The molecule has 50 valence electrons. The maximum atomic E-state index is 8.63. The Labute approximate surface area is 57.7 Å². The lowest BCUT2D eigenvalue weighted by Crippen LogP contribution is -1.84. The first-order chi connectivity index (χ1) is 4.24. The van der Waals surface area contributed by atoms with Crippen LogP contribution in [0.4, 0.5) is 0 Å². The molecule has 0 aliphatic rings. The van der Waals surface area contributed by atoms with Gasteiger partial charge >= 0.3 is 0 Å². The Morgan fingerprint density at radius 2 is 2.22 bits per heavy atom. The number of aromatic amines is 2. The first-order valence-corrected chi connectivity index (χ1v) is 3.03. The van der Waals surface area contributed by atoms with Crippen LogP contribution in [0.1, 0.15) is 11.4 Å². The Balaban J connectivity index is 3.16. The van der Waals surface area contributed by atoms with Gasteiger partial charge in [-0.15, -0.1) is 0 Å². The molecule has 1 aromatic rings. The predicted molar refractivity (Wildman–Crippen MR) is 36.6 cm³/mol. The van der Waals surface area contributed by atoms with E-state index in [2.05, 4.69) is 9.97 Å². The van der Waals surface area contributed by atoms with E-state index in [9.17, 15) is 0 Å². The van der Waals surface area contributed by atoms with E-state index < -0.39 is 0 Å². The van der Waals surface area contributed by atoms with Crippen LogP contribution in [0, 0.1) is 11.7 Å². The zero-order chi connectivity index (χ0) is 6.85. The quantitative estimate of drug-likeness (QED) is 0.512. The van der Waals surface area contributed by atoms with Crippen LogP contribution in [0.5, 0.6) is 0 Å². The third kappa shape index (κ3) is 1.20. The lowest BCUT2D eigenvalue weighted by Gasteiger charge is -1.87. The number of aromatic nitrogens is 2. The lowest BCUT2D eigenvalue weighted by molar-refractivity contribution is 0.276. The molecule has 0 amide bonds. The maximum Gasteiger partial charge on any atom is 0.174 e. The van der Waals surface area contributed by atoms with E-state index in [1.165, 1.54) is 0 Å². The smallest absolute Gasteiger partial charge is 0.174 e. The van der Waals surface area contributed by atoms with Crippen molar-refractivity contribution in [3.63, 3.8) is 0 Å². The van der Waals surface area contributed by atoms with Crippen molar-refractivity contribution >= 4 is 12.2 Å². The number of aryl methyl sites for hydroxylation is 1. The largest absolute Gasteiger partial charge is 0.390 e. The highest BCUT2D eigenvalue weighted by atomic mass is 32.1. The summed E-state index contributed by atoms with van der Waals surface area (Å²) in [6.07, 6.45) is 0. The zero-order valence-corrected chi connectivity index (χ0v) is 5.88. The van der Waals surface area contributed by atoms with Gasteiger partial charge in [0.15, 0.2) is 4.77 Å². The molecule has 1 aromatic heterocycles. The molecule has 0 spiro atoms. The SMILES string of the molecule is Cc1[nH]c(=S)[nH]c1CO. The van der Waals surface area contributed by atoms with E-state index in [0.717, 1.165) is 11.4 Å². The molecule has 0 bridgehead atoms. The summed E-state index contributed by atoms with van der Waals surface area (Å²) in [5, 5.41) is 8.63. The minimum Gasteiger partial charge on any atom is -0.390 e. The van der Waals surface area contributed by atoms with Gasteiger partial charge in [-0.05, 0) is 19.1 Å². The highest BCUT2D eigenvalue weighted by Gasteiger charge is 1.95. The fourth-order valence-electron chi connectivity index (χ4n) is 0.666. The van der Waals surface area contributed by atoms with E-state index in [0.29, 0.717) is 4.77 Å². The van der Waals surface area contributed by atoms with Crippen LogP contribution in [0.15, 0.2) is 0 Å². The molecule has 0 saturated heterocycles. The average Bonchev–Trinajstić information content (AvgIpc) is 2.10. The van der Waals surface area contributed by atoms with Crippen LogP contribution in [-0.2, 0) is 6.61 Å². The third-order valence-electron chi connectivity index (χ3n) is 1.18. The molecule has 1 rings (SSSR count). The van der Waals surface area contributed by atoms with Gasteiger partial charge in [0.2, 0.25) is 0 Å². The summed E-state index contributed by atoms with van der Waals surface area (Å²) >= 11 is 4.76. The molecule has 0 saturated carbocycles. The lowest BCUT2D eigenvalue weighted by atomic mass is 10.4. The summed E-state index contributed by atoms with van der Waals surface area (Å²) in [5.41, 5.74) is 1.67. The summed E-state index contributed by atoms with van der Waals surface area (Å²) < 4.78 is 0.566. The van der Waals surface area contributed by atoms with Gasteiger partial charge in [-0.3, -0.25) is 0 Å². The van der Waals surface area contributed by atoms with Crippen molar-refractivity contribution in [1.82, 2.24) is 9.97 Å². The Morgan fingerprint density at radius 1 is 1.56 bits per heavy atom. The van der Waals surface area contributed by atoms with Gasteiger partial charge < -0.3 is 15.1 Å². The Kier molecular flexibility index (Phi) is 1.68. The van der Waals surface area contributed by atoms with Gasteiger partial charge in [-0.1, -0.05) is 0 Å². The highest BCUT2D eigenvalue weighted by Crippen LogP contribution is 1.99. The Bertz CT molecular complexity index is 250. The second-order valence-electron chi connectivity index (χ2n) is 1.84. The molecule has 0 aliphatic heterocycles. The molecule has 0 unspecified atom stereocenters. The molecular formula is C5H8N2OS. The standard InChI is InChI=1S/C5H8N2OS/c1-3-4(2-8)7-5(9)6-3/h8H,2H2,1H3,(H2,6,7,9). The molecule has 3 nitrogen and oxygen atoms in total. The summed E-state index contributed by atoms with van der Waals surface area (Å²) in [5.74, 6) is 0. The first kappa shape index (κ1) is 6.51. The van der Waals surface area contributed by atoms with Gasteiger partial charge in [0.05, 0.1) is 12.3 Å². The molecule has 3 N–H and O–H groups in total. The number of aliphatic hydroxyl groups is 1. The summed E-state index contributed by atoms with van der Waals surface area (Å²) in [7, 11) is 0. The molecule has 9 heavy (non-hydrogen) atoms. The van der Waals surface area contributed by atoms with E-state index in [4.69, 9.17) is 17.3 Å². The number of rotatable bonds is 1. The van der Waals surface area contributed by atoms with E-state index in [1.54, 1.807) is 0 Å². The van der Waals surface area contributed by atoms with Crippen molar-refractivity contribution in [1.29, 1.82) is 0 Å². The molecule has 0 aliphatic carbocycles. The van der Waals surface area contributed by atoms with Crippen molar-refractivity contribution in [3.05, 3.63) is 16.2 Å². The summed E-state index contributed by atoms with van der Waals surface area (Å²) in [4.78, 5) is 5.66. The minimum absolute atomic E-state index is 0.0129. The van der Waals surface area contributed by atoms with Crippen LogP contribution < -0.4 is 0 Å². The monoisotopic (exact) mass is 144 g/mol. The van der Waals surface area contributed by atoms with Gasteiger partial charge in [0.25, 0.3) is 0 Å². The van der Waals surface area contributed by atoms with Gasteiger partial charge in [0.1, 0.15) is 0 Å². The van der Waals surface area contributed by atoms with Gasteiger partial charge in [-0.2, -0.15) is 0 Å². The number of hydrogen-bond donors (Lipinski definition) is 3. The van der Waals surface area contributed by atoms with Crippen molar-refractivity contribution < 1.29 is 5.11 Å². The third-order valence-corrected chi connectivity index (χ3v) is 1.38. The van der Waals surface area contributed by atoms with Crippen molar-refractivity contribution in [2.45, 2.75) is 13.5 Å². The summed E-state index contributed by atoms with van der Waals surface area (Å²) in [6, 6.07) is 0. The number of hydrogen-bond acceptors (Lipinski definition) is 2. The van der Waals surface area contributed by atoms with Crippen LogP contribution in [0.2, 0.25) is 0 Å². The minimum atomic E-state index is 0.0129. The topological polar surface area (TPSA) is 51.8 Å². The second kappa shape index (κ2) is 2.33. The van der Waals surface area contributed by atoms with E-state index in [-0.39, 0.29) is 6.61 Å². The number of aliphatic hydroxyl groups excluding tert-OH is 1. The van der Waals surface area contributed by atoms with Crippen LogP contribution >= 0.6 is 12.2 Å². The van der Waals surface area contributed by atoms with Crippen LogP contribution in [0.3, 0.4) is 0 Å². The molecule has 0 radical (unpaired) electrons. The molecule has 1 heterocycles. The number of nitrogens with one attached hydrogen (secondary N) is 2. The van der Waals surface area contributed by atoms with Gasteiger partial charge in [0, 0.05) is 5.69 Å². The van der Waals surface area contributed by atoms with Crippen LogP contribution in [-0.4, -0.2) is 15.1 Å². The molecule has 0 aromatic carbocycles. The Morgan fingerprint density at radius 3 is 2.44 bits per heavy atom. The maximum absolute atomic E-state index is 8.63. The Hall–Kier alpha value is -0.610. The second-order valence-corrected chi connectivity index (χ2v) is 2.25. The number of imidazole rings is 1. The van der Waals surface area contributed by atoms with Crippen molar-refractivity contribution in [3.8, 4) is 0 Å². The first-order valence-electron chi connectivity index (χ1n) is 2.62. The van der Waals surface area contributed by atoms with E-state index >= 15 is 0 Å². The fourth-order valence-corrected chi connectivity index (χ4v) is 0.942. The van der Waals surface area contributed by atoms with Gasteiger partial charge in [-0.25, -0.2) is 0 Å². The summed E-state index contributed by atoms with van der Waals surface area (Å²) in [6.45, 7) is 1.87. The fraction of sp³-hybridized carbons (Fsp3) is 0.400. The van der Waals surface area contributed by atoms with Crippen LogP contribution in [0.25, 0.3) is 0 Å². The zero-order valence-electron chi connectivity index (χ0n) is 5.06. The molecule has 4 heteroatoms. The van der Waals surface area contributed by atoms with Crippen molar-refractivity contribution in [2.75, 3.05) is 0 Å². The molecular weight excluding hydrogens is 136 g/mol. The predicted octanol–water partition coefficient (Wildman–Crippen LogP) is 0.873. The highest BCUT2D eigenvalue weighted by molar-refractivity contribution is 7.71. The van der Waals surface area contributed by atoms with E-state index in [1.807, 2.05) is 6.92 Å². The molecule has 0 fully saturated rings. The van der Waals surface area contributed by atoms with Crippen molar-refractivity contribution in [2.24, 2.45) is 0 Å². The number of H-pyrrole nitrogens is 2. The average molecular weight is 144 g/mol. The normalized spacial score (nSPS) is 10.0.